The maximum atomic E-state index is 12.2. The van der Waals surface area contributed by atoms with Crippen LogP contribution in [0.4, 0.5) is 0 Å². The predicted molar refractivity (Wildman–Crippen MR) is 73.4 cm³/mol. The Bertz CT molecular complexity index is 500. The van der Waals surface area contributed by atoms with Gasteiger partial charge in [-0.1, -0.05) is 25.1 Å². The first kappa shape index (κ1) is 14.4. The number of carbonyl (C=O) groups is 2. The third-order valence-corrected chi connectivity index (χ3v) is 3.35. The van der Waals surface area contributed by atoms with Crippen LogP contribution >= 0.6 is 0 Å². The lowest BCUT2D eigenvalue weighted by Crippen LogP contribution is -2.33. The molecule has 0 aliphatic carbocycles. The molecule has 1 N–H and O–H groups in total. The zero-order valence-corrected chi connectivity index (χ0v) is 11.5. The van der Waals surface area contributed by atoms with E-state index in [2.05, 4.69) is 0 Å². The molecule has 108 valence electrons. The number of benzene rings is 1. The third kappa shape index (κ3) is 3.73. The van der Waals surface area contributed by atoms with Crippen LogP contribution < -0.4 is 4.74 Å². The standard InChI is InChI=1S/C15H19NO4/c1-11(9-15(18)19)8-14(17)16-6-7-20-13-5-3-2-4-12(13)10-16/h2-5,11H,6-10H2,1H3,(H,18,19). The summed E-state index contributed by atoms with van der Waals surface area (Å²) < 4.78 is 5.61. The average molecular weight is 277 g/mol. The van der Waals surface area contributed by atoms with E-state index in [1.165, 1.54) is 0 Å². The number of aliphatic carboxylic acids is 1. The van der Waals surface area contributed by atoms with Crippen LogP contribution in [-0.4, -0.2) is 35.0 Å². The van der Waals surface area contributed by atoms with Gasteiger partial charge in [-0.2, -0.15) is 0 Å². The highest BCUT2D eigenvalue weighted by molar-refractivity contribution is 5.77. The summed E-state index contributed by atoms with van der Waals surface area (Å²) in [7, 11) is 0. The van der Waals surface area contributed by atoms with E-state index in [-0.39, 0.29) is 24.7 Å². The number of carboxylic acid groups (broad SMARTS) is 1. The van der Waals surface area contributed by atoms with Gasteiger partial charge in [0.1, 0.15) is 12.4 Å². The first-order valence-corrected chi connectivity index (χ1v) is 6.76. The molecule has 1 heterocycles. The fraction of sp³-hybridized carbons (Fsp3) is 0.467. The van der Waals surface area contributed by atoms with Crippen molar-refractivity contribution >= 4 is 11.9 Å². The van der Waals surface area contributed by atoms with Gasteiger partial charge in [-0.05, 0) is 12.0 Å². The fourth-order valence-electron chi connectivity index (χ4n) is 2.34. The summed E-state index contributed by atoms with van der Waals surface area (Å²) in [6, 6.07) is 7.67. The van der Waals surface area contributed by atoms with Gasteiger partial charge in [-0.3, -0.25) is 9.59 Å². The van der Waals surface area contributed by atoms with Crippen molar-refractivity contribution in [3.05, 3.63) is 29.8 Å². The number of rotatable bonds is 4. The highest BCUT2D eigenvalue weighted by atomic mass is 16.5. The molecule has 0 saturated heterocycles. The molecule has 1 aliphatic rings. The summed E-state index contributed by atoms with van der Waals surface area (Å²) in [6.45, 7) is 3.31. The normalized spacial score (nSPS) is 15.8. The molecule has 0 spiro atoms. The minimum absolute atomic E-state index is 0.0148. The van der Waals surface area contributed by atoms with Crippen LogP contribution in [0.5, 0.6) is 5.75 Å². The van der Waals surface area contributed by atoms with Crippen molar-refractivity contribution in [3.63, 3.8) is 0 Å². The lowest BCUT2D eigenvalue weighted by Gasteiger charge is -2.21. The first-order chi connectivity index (χ1) is 9.56. The molecule has 1 aliphatic heterocycles. The highest BCUT2D eigenvalue weighted by Crippen LogP contribution is 2.23. The Morgan fingerprint density at radius 1 is 1.35 bits per heavy atom. The van der Waals surface area contributed by atoms with Crippen molar-refractivity contribution in [3.8, 4) is 5.75 Å². The van der Waals surface area contributed by atoms with Crippen molar-refractivity contribution < 1.29 is 19.4 Å². The molecule has 1 unspecified atom stereocenters. The lowest BCUT2D eigenvalue weighted by molar-refractivity contribution is -0.138. The number of nitrogens with zero attached hydrogens (tertiary/aromatic N) is 1. The second-order valence-electron chi connectivity index (χ2n) is 5.18. The topological polar surface area (TPSA) is 66.8 Å². The molecular weight excluding hydrogens is 258 g/mol. The van der Waals surface area contributed by atoms with Crippen LogP contribution in [0, 0.1) is 5.92 Å². The van der Waals surface area contributed by atoms with Crippen molar-refractivity contribution in [2.75, 3.05) is 13.2 Å². The monoisotopic (exact) mass is 277 g/mol. The second kappa shape index (κ2) is 6.41. The van der Waals surface area contributed by atoms with E-state index in [9.17, 15) is 9.59 Å². The molecule has 5 heteroatoms. The van der Waals surface area contributed by atoms with Crippen LogP contribution in [0.15, 0.2) is 24.3 Å². The predicted octanol–water partition coefficient (Wildman–Crippen LogP) is 1.91. The van der Waals surface area contributed by atoms with Crippen molar-refractivity contribution in [1.29, 1.82) is 0 Å². The number of hydrogen-bond acceptors (Lipinski definition) is 3. The van der Waals surface area contributed by atoms with E-state index >= 15 is 0 Å². The Kier molecular flexibility index (Phi) is 4.61. The van der Waals surface area contributed by atoms with E-state index < -0.39 is 5.97 Å². The van der Waals surface area contributed by atoms with Gasteiger partial charge in [-0.15, -0.1) is 0 Å². The summed E-state index contributed by atoms with van der Waals surface area (Å²) in [5.41, 5.74) is 0.990. The van der Waals surface area contributed by atoms with Gasteiger partial charge < -0.3 is 14.7 Å². The van der Waals surface area contributed by atoms with Crippen molar-refractivity contribution in [2.45, 2.75) is 26.3 Å². The second-order valence-corrected chi connectivity index (χ2v) is 5.18. The summed E-state index contributed by atoms with van der Waals surface area (Å²) in [5.74, 6) is -0.213. The number of amides is 1. The molecule has 5 nitrogen and oxygen atoms in total. The fourth-order valence-corrected chi connectivity index (χ4v) is 2.34. The van der Waals surface area contributed by atoms with Crippen LogP contribution in [0.2, 0.25) is 0 Å². The maximum Gasteiger partial charge on any atom is 0.303 e. The molecule has 1 aromatic carbocycles. The third-order valence-electron chi connectivity index (χ3n) is 3.35. The zero-order chi connectivity index (χ0) is 14.5. The van der Waals surface area contributed by atoms with Gasteiger partial charge >= 0.3 is 5.97 Å². The Labute approximate surface area is 118 Å². The number of fused-ring (bicyclic) bond motifs is 1. The lowest BCUT2D eigenvalue weighted by atomic mass is 10.0. The Morgan fingerprint density at radius 3 is 2.85 bits per heavy atom. The molecule has 0 saturated carbocycles. The average Bonchev–Trinajstić information content (AvgIpc) is 2.59. The summed E-state index contributed by atoms with van der Waals surface area (Å²) >= 11 is 0. The van der Waals surface area contributed by atoms with Gasteiger partial charge in [0.2, 0.25) is 5.91 Å². The molecule has 0 bridgehead atoms. The molecule has 0 fully saturated rings. The van der Waals surface area contributed by atoms with E-state index in [1.807, 2.05) is 24.3 Å². The van der Waals surface area contributed by atoms with Gasteiger partial charge in [-0.25, -0.2) is 0 Å². The Morgan fingerprint density at radius 2 is 2.10 bits per heavy atom. The van der Waals surface area contributed by atoms with Gasteiger partial charge in [0.25, 0.3) is 0 Å². The van der Waals surface area contributed by atoms with Gasteiger partial charge in [0.15, 0.2) is 0 Å². The summed E-state index contributed by atoms with van der Waals surface area (Å²) in [6.07, 6.45) is 0.279. The van der Waals surface area contributed by atoms with E-state index in [4.69, 9.17) is 9.84 Å². The maximum absolute atomic E-state index is 12.2. The van der Waals surface area contributed by atoms with Crippen LogP contribution in [-0.2, 0) is 16.1 Å². The molecule has 1 amide bonds. The number of carbonyl (C=O) groups excluding carboxylic acids is 1. The number of carboxylic acids is 1. The largest absolute Gasteiger partial charge is 0.491 e. The molecular formula is C15H19NO4. The van der Waals surface area contributed by atoms with Crippen molar-refractivity contribution in [1.82, 2.24) is 4.90 Å². The molecule has 1 aromatic rings. The zero-order valence-electron chi connectivity index (χ0n) is 11.5. The minimum atomic E-state index is -0.866. The van der Waals surface area contributed by atoms with Gasteiger partial charge in [0.05, 0.1) is 6.54 Å². The number of para-hydroxylation sites is 1. The first-order valence-electron chi connectivity index (χ1n) is 6.76. The highest BCUT2D eigenvalue weighted by Gasteiger charge is 2.21. The minimum Gasteiger partial charge on any atom is -0.491 e. The Hall–Kier alpha value is -2.04. The number of hydrogen-bond donors (Lipinski definition) is 1. The van der Waals surface area contributed by atoms with E-state index in [0.29, 0.717) is 19.7 Å². The quantitative estimate of drug-likeness (QED) is 0.913. The smallest absolute Gasteiger partial charge is 0.303 e. The number of ether oxygens (including phenoxy) is 1. The van der Waals surface area contributed by atoms with Crippen LogP contribution in [0.3, 0.4) is 0 Å². The van der Waals surface area contributed by atoms with Crippen LogP contribution in [0.25, 0.3) is 0 Å². The van der Waals surface area contributed by atoms with Gasteiger partial charge in [0, 0.05) is 24.9 Å². The summed E-state index contributed by atoms with van der Waals surface area (Å²) in [5, 5.41) is 8.74. The van der Waals surface area contributed by atoms with E-state index in [0.717, 1.165) is 11.3 Å². The Balaban J connectivity index is 1.99. The van der Waals surface area contributed by atoms with Crippen LogP contribution in [0.1, 0.15) is 25.3 Å². The molecule has 1 atom stereocenters. The summed E-state index contributed by atoms with van der Waals surface area (Å²) in [4.78, 5) is 24.6. The molecule has 0 radical (unpaired) electrons. The molecule has 2 rings (SSSR count). The van der Waals surface area contributed by atoms with E-state index in [1.54, 1.807) is 11.8 Å². The van der Waals surface area contributed by atoms with Crippen molar-refractivity contribution in [2.24, 2.45) is 5.92 Å². The molecule has 0 aromatic heterocycles. The molecule has 20 heavy (non-hydrogen) atoms. The SMILES string of the molecule is CC(CC(=O)O)CC(=O)N1CCOc2ccccc2C1.